The van der Waals surface area contributed by atoms with Gasteiger partial charge in [-0.1, -0.05) is 0 Å². The Morgan fingerprint density at radius 1 is 1.60 bits per heavy atom. The van der Waals surface area contributed by atoms with Gasteiger partial charge in [0.05, 0.1) is 25.2 Å². The van der Waals surface area contributed by atoms with E-state index in [0.29, 0.717) is 13.2 Å². The van der Waals surface area contributed by atoms with E-state index in [2.05, 4.69) is 5.32 Å². The summed E-state index contributed by atoms with van der Waals surface area (Å²) in [4.78, 5) is 11.7. The van der Waals surface area contributed by atoms with Crippen molar-refractivity contribution in [2.45, 2.75) is 32.3 Å². The maximum atomic E-state index is 11.7. The summed E-state index contributed by atoms with van der Waals surface area (Å²) in [6, 6.07) is 0. The Kier molecular flexibility index (Phi) is 2.98. The normalized spacial score (nSPS) is 32.7. The first kappa shape index (κ1) is 10.9. The zero-order valence-electron chi connectivity index (χ0n) is 9.16. The number of hydrogen-bond acceptors (Lipinski definition) is 3. The van der Waals surface area contributed by atoms with Crippen LogP contribution >= 0.6 is 0 Å². The van der Waals surface area contributed by atoms with Crippen molar-refractivity contribution in [1.82, 2.24) is 5.32 Å². The van der Waals surface area contributed by atoms with E-state index >= 15 is 0 Å². The molecule has 2 rings (SSSR count). The first-order valence-electron chi connectivity index (χ1n) is 5.65. The Balaban J connectivity index is 1.73. The van der Waals surface area contributed by atoms with Gasteiger partial charge in [-0.25, -0.2) is 0 Å². The lowest BCUT2D eigenvalue weighted by Gasteiger charge is -2.14. The molecule has 4 heteroatoms. The summed E-state index contributed by atoms with van der Waals surface area (Å²) in [5.41, 5.74) is 0.000732. The summed E-state index contributed by atoms with van der Waals surface area (Å²) in [6.07, 6.45) is 3.08. The van der Waals surface area contributed by atoms with Crippen LogP contribution in [0.3, 0.4) is 0 Å². The topological polar surface area (TPSA) is 58.6 Å². The molecule has 1 saturated heterocycles. The SMILES string of the molecule is CC1CC(C(=O)NCC2(CO)CC2)CO1. The minimum Gasteiger partial charge on any atom is -0.396 e. The molecule has 0 spiro atoms. The average Bonchev–Trinajstić information content (AvgIpc) is 2.90. The first-order valence-corrected chi connectivity index (χ1v) is 5.65. The van der Waals surface area contributed by atoms with Crippen molar-refractivity contribution < 1.29 is 14.6 Å². The fraction of sp³-hybridized carbons (Fsp3) is 0.909. The van der Waals surface area contributed by atoms with E-state index in [4.69, 9.17) is 9.84 Å². The maximum absolute atomic E-state index is 11.7. The van der Waals surface area contributed by atoms with Crippen LogP contribution in [-0.2, 0) is 9.53 Å². The van der Waals surface area contributed by atoms with Crippen molar-refractivity contribution in [3.8, 4) is 0 Å². The van der Waals surface area contributed by atoms with Gasteiger partial charge in [-0.2, -0.15) is 0 Å². The molecule has 1 saturated carbocycles. The molecule has 2 fully saturated rings. The van der Waals surface area contributed by atoms with Crippen LogP contribution in [0.15, 0.2) is 0 Å². The number of carbonyl (C=O) groups is 1. The van der Waals surface area contributed by atoms with Gasteiger partial charge in [0, 0.05) is 12.0 Å². The lowest BCUT2D eigenvalue weighted by atomic mass is 10.0. The van der Waals surface area contributed by atoms with Gasteiger partial charge in [0.2, 0.25) is 5.91 Å². The quantitative estimate of drug-likeness (QED) is 0.706. The third-order valence-electron chi connectivity index (χ3n) is 3.50. The standard InChI is InChI=1S/C11H19NO3/c1-8-4-9(5-15-8)10(14)12-6-11(7-13)2-3-11/h8-9,13H,2-7H2,1H3,(H,12,14). The Morgan fingerprint density at radius 2 is 2.33 bits per heavy atom. The molecule has 0 aromatic rings. The Labute approximate surface area is 90.0 Å². The van der Waals surface area contributed by atoms with Crippen molar-refractivity contribution in [2.75, 3.05) is 19.8 Å². The minimum absolute atomic E-state index is 0.000732. The summed E-state index contributed by atoms with van der Waals surface area (Å²) in [5, 5.41) is 12.0. The monoisotopic (exact) mass is 213 g/mol. The lowest BCUT2D eigenvalue weighted by Crippen LogP contribution is -2.36. The molecular weight excluding hydrogens is 194 g/mol. The van der Waals surface area contributed by atoms with Gasteiger partial charge in [-0.3, -0.25) is 4.79 Å². The molecule has 2 aliphatic rings. The van der Waals surface area contributed by atoms with Gasteiger partial charge in [-0.05, 0) is 26.2 Å². The smallest absolute Gasteiger partial charge is 0.225 e. The summed E-state index contributed by atoms with van der Waals surface area (Å²) < 4.78 is 5.35. The zero-order chi connectivity index (χ0) is 10.9. The lowest BCUT2D eigenvalue weighted by molar-refractivity contribution is -0.125. The van der Waals surface area contributed by atoms with Crippen molar-refractivity contribution in [1.29, 1.82) is 0 Å². The predicted octanol–water partition coefficient (Wildman–Crippen LogP) is 0.300. The number of hydrogen-bond donors (Lipinski definition) is 2. The fourth-order valence-corrected chi connectivity index (χ4v) is 1.99. The van der Waals surface area contributed by atoms with Crippen LogP contribution in [0.5, 0.6) is 0 Å². The summed E-state index contributed by atoms with van der Waals surface area (Å²) in [7, 11) is 0. The summed E-state index contributed by atoms with van der Waals surface area (Å²) in [6.45, 7) is 3.33. The molecule has 86 valence electrons. The molecule has 4 nitrogen and oxygen atoms in total. The van der Waals surface area contributed by atoms with Crippen molar-refractivity contribution in [2.24, 2.45) is 11.3 Å². The van der Waals surface area contributed by atoms with Crippen LogP contribution in [0.2, 0.25) is 0 Å². The van der Waals surface area contributed by atoms with Gasteiger partial charge in [0.25, 0.3) is 0 Å². The highest BCUT2D eigenvalue weighted by molar-refractivity contribution is 5.79. The first-order chi connectivity index (χ1) is 7.15. The molecule has 1 amide bonds. The van der Waals surface area contributed by atoms with E-state index in [1.54, 1.807) is 0 Å². The van der Waals surface area contributed by atoms with Crippen LogP contribution < -0.4 is 5.32 Å². The number of carbonyl (C=O) groups excluding carboxylic acids is 1. The number of aliphatic hydroxyl groups excluding tert-OH is 1. The van der Waals surface area contributed by atoms with E-state index in [-0.39, 0.29) is 30.0 Å². The molecule has 2 unspecified atom stereocenters. The average molecular weight is 213 g/mol. The molecule has 2 N–H and O–H groups in total. The molecule has 0 aromatic heterocycles. The highest BCUT2D eigenvalue weighted by atomic mass is 16.5. The highest BCUT2D eigenvalue weighted by Crippen LogP contribution is 2.44. The van der Waals surface area contributed by atoms with Crippen molar-refractivity contribution in [3.63, 3.8) is 0 Å². The summed E-state index contributed by atoms with van der Waals surface area (Å²) in [5.74, 6) is 0.0913. The van der Waals surface area contributed by atoms with E-state index in [1.165, 1.54) is 0 Å². The van der Waals surface area contributed by atoms with Crippen LogP contribution in [0.25, 0.3) is 0 Å². The molecule has 1 aliphatic heterocycles. The summed E-state index contributed by atoms with van der Waals surface area (Å²) >= 11 is 0. The van der Waals surface area contributed by atoms with E-state index in [9.17, 15) is 4.79 Å². The molecular formula is C11H19NO3. The van der Waals surface area contributed by atoms with Crippen molar-refractivity contribution in [3.05, 3.63) is 0 Å². The van der Waals surface area contributed by atoms with E-state index in [0.717, 1.165) is 19.3 Å². The number of ether oxygens (including phenoxy) is 1. The Hall–Kier alpha value is -0.610. The second-order valence-electron chi connectivity index (χ2n) is 4.95. The van der Waals surface area contributed by atoms with Crippen LogP contribution in [0.1, 0.15) is 26.2 Å². The molecule has 0 radical (unpaired) electrons. The van der Waals surface area contributed by atoms with Gasteiger partial charge < -0.3 is 15.2 Å². The zero-order valence-corrected chi connectivity index (χ0v) is 9.16. The van der Waals surface area contributed by atoms with E-state index in [1.807, 2.05) is 6.92 Å². The van der Waals surface area contributed by atoms with Gasteiger partial charge in [0.15, 0.2) is 0 Å². The predicted molar refractivity (Wildman–Crippen MR) is 55.3 cm³/mol. The maximum Gasteiger partial charge on any atom is 0.225 e. The molecule has 15 heavy (non-hydrogen) atoms. The van der Waals surface area contributed by atoms with Gasteiger partial charge in [-0.15, -0.1) is 0 Å². The van der Waals surface area contributed by atoms with Crippen LogP contribution in [0.4, 0.5) is 0 Å². The third-order valence-corrected chi connectivity index (χ3v) is 3.50. The number of nitrogens with one attached hydrogen (secondary N) is 1. The molecule has 1 aliphatic carbocycles. The van der Waals surface area contributed by atoms with Crippen molar-refractivity contribution >= 4 is 5.91 Å². The minimum atomic E-state index is 0.000732. The van der Waals surface area contributed by atoms with Crippen LogP contribution in [0, 0.1) is 11.3 Å². The van der Waals surface area contributed by atoms with Gasteiger partial charge in [0.1, 0.15) is 0 Å². The van der Waals surface area contributed by atoms with Crippen LogP contribution in [-0.4, -0.2) is 36.9 Å². The van der Waals surface area contributed by atoms with E-state index < -0.39 is 0 Å². The third kappa shape index (κ3) is 2.49. The number of rotatable bonds is 4. The largest absolute Gasteiger partial charge is 0.396 e. The molecule has 2 atom stereocenters. The Morgan fingerprint density at radius 3 is 2.80 bits per heavy atom. The second kappa shape index (κ2) is 4.10. The number of aliphatic hydroxyl groups is 1. The molecule has 1 heterocycles. The Bertz CT molecular complexity index is 250. The number of amides is 1. The molecule has 0 bridgehead atoms. The highest BCUT2D eigenvalue weighted by Gasteiger charge is 2.42. The molecule has 0 aromatic carbocycles. The fourth-order valence-electron chi connectivity index (χ4n) is 1.99. The van der Waals surface area contributed by atoms with Gasteiger partial charge >= 0.3 is 0 Å². The second-order valence-corrected chi connectivity index (χ2v) is 4.95.